The molecule has 30 heavy (non-hydrogen) atoms. The van der Waals surface area contributed by atoms with Crippen LogP contribution < -0.4 is 14.8 Å². The van der Waals surface area contributed by atoms with Gasteiger partial charge in [-0.2, -0.15) is 0 Å². The molecule has 0 fully saturated rings. The van der Waals surface area contributed by atoms with E-state index in [1.807, 2.05) is 51.1 Å². The van der Waals surface area contributed by atoms with Gasteiger partial charge in [-0.1, -0.05) is 44.2 Å². The summed E-state index contributed by atoms with van der Waals surface area (Å²) >= 11 is 0. The Bertz CT molecular complexity index is 808. The van der Waals surface area contributed by atoms with Gasteiger partial charge in [-0.05, 0) is 43.5 Å². The molecule has 2 amide bonds. The highest BCUT2D eigenvalue weighted by Gasteiger charge is 2.16. The molecule has 0 aliphatic heterocycles. The van der Waals surface area contributed by atoms with Gasteiger partial charge in [0, 0.05) is 18.7 Å². The van der Waals surface area contributed by atoms with Crippen molar-refractivity contribution in [1.29, 1.82) is 0 Å². The summed E-state index contributed by atoms with van der Waals surface area (Å²) in [6, 6.07) is 14.9. The van der Waals surface area contributed by atoms with E-state index in [-0.39, 0.29) is 18.4 Å². The molecule has 0 aliphatic carbocycles. The number of likely N-dealkylation sites (N-methyl/N-ethyl adjacent to an activating group) is 1. The first-order valence-electron chi connectivity index (χ1n) is 10.6. The molecule has 0 spiro atoms. The lowest BCUT2D eigenvalue weighted by atomic mass is 10.2. The van der Waals surface area contributed by atoms with E-state index in [4.69, 9.17) is 9.47 Å². The van der Waals surface area contributed by atoms with Crippen LogP contribution in [0, 0.1) is 0 Å². The molecule has 0 radical (unpaired) electrons. The van der Waals surface area contributed by atoms with Gasteiger partial charge in [0.2, 0.25) is 5.91 Å². The molecule has 2 rings (SSSR count). The number of rotatable bonds is 12. The Morgan fingerprint density at radius 3 is 2.20 bits per heavy atom. The van der Waals surface area contributed by atoms with Crippen LogP contribution in [0.4, 0.5) is 0 Å². The third-order valence-corrected chi connectivity index (χ3v) is 4.48. The van der Waals surface area contributed by atoms with E-state index in [1.54, 1.807) is 23.1 Å². The molecule has 0 aromatic heterocycles. The topological polar surface area (TPSA) is 67.9 Å². The SMILES string of the molecule is CCCOc1ccc(C(=O)NCC(=O)N(CC)Cc2ccccc2)cc1OCCC. The van der Waals surface area contributed by atoms with Crippen molar-refractivity contribution in [1.82, 2.24) is 10.2 Å². The molecule has 2 aromatic rings. The minimum absolute atomic E-state index is 0.0568. The second-order valence-corrected chi connectivity index (χ2v) is 6.93. The molecule has 162 valence electrons. The zero-order chi connectivity index (χ0) is 21.8. The van der Waals surface area contributed by atoms with Crippen molar-refractivity contribution in [3.05, 3.63) is 59.7 Å². The Hall–Kier alpha value is -3.02. The number of amides is 2. The van der Waals surface area contributed by atoms with Gasteiger partial charge in [0.1, 0.15) is 0 Å². The standard InChI is InChI=1S/C24H32N2O4/c1-4-14-29-21-13-12-20(16-22(21)30-15-5-2)24(28)25-17-23(27)26(6-3)18-19-10-8-7-9-11-19/h7-13,16H,4-6,14-15,17-18H2,1-3H3,(H,25,28). The molecule has 0 saturated heterocycles. The van der Waals surface area contributed by atoms with Crippen LogP contribution in [0.15, 0.2) is 48.5 Å². The van der Waals surface area contributed by atoms with Gasteiger partial charge >= 0.3 is 0 Å². The average Bonchev–Trinajstić information content (AvgIpc) is 2.78. The Balaban J connectivity index is 1.99. The van der Waals surface area contributed by atoms with Crippen LogP contribution in [0.3, 0.4) is 0 Å². The summed E-state index contributed by atoms with van der Waals surface area (Å²) in [5, 5.41) is 2.72. The molecule has 0 heterocycles. The van der Waals surface area contributed by atoms with Gasteiger partial charge in [0.15, 0.2) is 11.5 Å². The van der Waals surface area contributed by atoms with E-state index in [0.717, 1.165) is 18.4 Å². The Morgan fingerprint density at radius 2 is 1.57 bits per heavy atom. The second kappa shape index (κ2) is 12.5. The fraction of sp³-hybridized carbons (Fsp3) is 0.417. The lowest BCUT2D eigenvalue weighted by molar-refractivity contribution is -0.130. The quantitative estimate of drug-likeness (QED) is 0.571. The minimum atomic E-state index is -0.317. The van der Waals surface area contributed by atoms with Crippen molar-refractivity contribution in [2.45, 2.75) is 40.2 Å². The lowest BCUT2D eigenvalue weighted by Gasteiger charge is -2.21. The van der Waals surface area contributed by atoms with Crippen LogP contribution in [0.1, 0.15) is 49.5 Å². The van der Waals surface area contributed by atoms with E-state index in [9.17, 15) is 9.59 Å². The Labute approximate surface area is 179 Å². The van der Waals surface area contributed by atoms with Crippen molar-refractivity contribution in [3.8, 4) is 11.5 Å². The van der Waals surface area contributed by atoms with Crippen LogP contribution in [0.25, 0.3) is 0 Å². The third-order valence-electron chi connectivity index (χ3n) is 4.48. The zero-order valence-electron chi connectivity index (χ0n) is 18.1. The van der Waals surface area contributed by atoms with Crippen molar-refractivity contribution in [2.75, 3.05) is 26.3 Å². The van der Waals surface area contributed by atoms with E-state index in [0.29, 0.717) is 43.4 Å². The van der Waals surface area contributed by atoms with Crippen LogP contribution in [0.5, 0.6) is 11.5 Å². The highest BCUT2D eigenvalue weighted by Crippen LogP contribution is 2.29. The van der Waals surface area contributed by atoms with Gasteiger partial charge in [0.25, 0.3) is 5.91 Å². The summed E-state index contributed by atoms with van der Waals surface area (Å²) in [6.07, 6.45) is 1.74. The van der Waals surface area contributed by atoms with Crippen molar-refractivity contribution >= 4 is 11.8 Å². The largest absolute Gasteiger partial charge is 0.490 e. The first-order chi connectivity index (χ1) is 14.6. The molecule has 1 N–H and O–H groups in total. The van der Waals surface area contributed by atoms with E-state index >= 15 is 0 Å². The van der Waals surface area contributed by atoms with E-state index < -0.39 is 0 Å². The summed E-state index contributed by atoms with van der Waals surface area (Å²) in [7, 11) is 0. The molecule has 2 aromatic carbocycles. The monoisotopic (exact) mass is 412 g/mol. The molecule has 0 unspecified atom stereocenters. The predicted molar refractivity (Wildman–Crippen MR) is 118 cm³/mol. The van der Waals surface area contributed by atoms with Crippen LogP contribution in [0.2, 0.25) is 0 Å². The van der Waals surface area contributed by atoms with Crippen molar-refractivity contribution < 1.29 is 19.1 Å². The number of hydrogen-bond acceptors (Lipinski definition) is 4. The van der Waals surface area contributed by atoms with Crippen molar-refractivity contribution in [3.63, 3.8) is 0 Å². The lowest BCUT2D eigenvalue weighted by Crippen LogP contribution is -2.39. The second-order valence-electron chi connectivity index (χ2n) is 6.93. The smallest absolute Gasteiger partial charge is 0.251 e. The Morgan fingerprint density at radius 1 is 0.900 bits per heavy atom. The van der Waals surface area contributed by atoms with Gasteiger partial charge in [0.05, 0.1) is 19.8 Å². The Kier molecular flexibility index (Phi) is 9.71. The number of carbonyl (C=O) groups excluding carboxylic acids is 2. The minimum Gasteiger partial charge on any atom is -0.490 e. The highest BCUT2D eigenvalue weighted by atomic mass is 16.5. The molecule has 6 nitrogen and oxygen atoms in total. The fourth-order valence-corrected chi connectivity index (χ4v) is 2.86. The average molecular weight is 413 g/mol. The molecule has 0 atom stereocenters. The molecular formula is C24H32N2O4. The summed E-state index contributed by atoms with van der Waals surface area (Å²) < 4.78 is 11.4. The van der Waals surface area contributed by atoms with Gasteiger partial charge in [-0.15, -0.1) is 0 Å². The predicted octanol–water partition coefficient (Wildman–Crippen LogP) is 4.04. The summed E-state index contributed by atoms with van der Waals surface area (Å²) in [6.45, 7) is 8.13. The number of ether oxygens (including phenoxy) is 2. The zero-order valence-corrected chi connectivity index (χ0v) is 18.1. The molecule has 0 aliphatic rings. The molecule has 0 bridgehead atoms. The molecule has 0 saturated carbocycles. The summed E-state index contributed by atoms with van der Waals surface area (Å²) in [5.41, 5.74) is 1.49. The van der Waals surface area contributed by atoms with E-state index in [2.05, 4.69) is 5.32 Å². The number of benzene rings is 2. The van der Waals surface area contributed by atoms with Crippen LogP contribution >= 0.6 is 0 Å². The van der Waals surface area contributed by atoms with Crippen LogP contribution in [-0.4, -0.2) is 43.0 Å². The molecular weight excluding hydrogens is 380 g/mol. The number of nitrogens with one attached hydrogen (secondary N) is 1. The van der Waals surface area contributed by atoms with Gasteiger partial charge in [-0.3, -0.25) is 9.59 Å². The van der Waals surface area contributed by atoms with Gasteiger partial charge < -0.3 is 19.7 Å². The summed E-state index contributed by atoms with van der Waals surface area (Å²) in [4.78, 5) is 26.9. The highest BCUT2D eigenvalue weighted by molar-refractivity contribution is 5.97. The van der Waals surface area contributed by atoms with Crippen LogP contribution in [-0.2, 0) is 11.3 Å². The number of nitrogens with zero attached hydrogens (tertiary/aromatic N) is 1. The van der Waals surface area contributed by atoms with E-state index in [1.165, 1.54) is 0 Å². The van der Waals surface area contributed by atoms with Gasteiger partial charge in [-0.25, -0.2) is 0 Å². The normalized spacial score (nSPS) is 10.4. The third kappa shape index (κ3) is 7.10. The maximum absolute atomic E-state index is 12.6. The number of carbonyl (C=O) groups is 2. The maximum Gasteiger partial charge on any atom is 0.251 e. The summed E-state index contributed by atoms with van der Waals surface area (Å²) in [5.74, 6) is 0.726. The first kappa shape index (κ1) is 23.3. The molecule has 6 heteroatoms. The van der Waals surface area contributed by atoms with Crippen molar-refractivity contribution in [2.24, 2.45) is 0 Å². The maximum atomic E-state index is 12.6. The number of hydrogen-bond donors (Lipinski definition) is 1. The fourth-order valence-electron chi connectivity index (χ4n) is 2.86. The first-order valence-corrected chi connectivity index (χ1v) is 10.6.